The highest BCUT2D eigenvalue weighted by Gasteiger charge is 2.16. The highest BCUT2D eigenvalue weighted by atomic mass is 79.9. The van der Waals surface area contributed by atoms with E-state index < -0.39 is 0 Å². The van der Waals surface area contributed by atoms with Crippen LogP contribution in [0.15, 0.2) is 18.2 Å². The average molecular weight is 298 g/mol. The Morgan fingerprint density at radius 3 is 2.59 bits per heavy atom. The van der Waals surface area contributed by atoms with Gasteiger partial charge in [-0.3, -0.25) is 4.79 Å². The Morgan fingerprint density at radius 2 is 2.00 bits per heavy atom. The molecule has 3 heteroatoms. The zero-order valence-corrected chi connectivity index (χ0v) is 12.5. The molecule has 1 amide bonds. The molecule has 1 rings (SSSR count). The van der Waals surface area contributed by atoms with E-state index in [1.54, 1.807) is 0 Å². The molecule has 2 nitrogen and oxygen atoms in total. The van der Waals surface area contributed by atoms with Gasteiger partial charge in [0.2, 0.25) is 0 Å². The van der Waals surface area contributed by atoms with Crippen LogP contribution in [0.5, 0.6) is 0 Å². The molecule has 0 heterocycles. The van der Waals surface area contributed by atoms with Gasteiger partial charge in [0.25, 0.3) is 5.91 Å². The summed E-state index contributed by atoms with van der Waals surface area (Å²) in [5.41, 5.74) is 2.99. The second-order valence-electron chi connectivity index (χ2n) is 4.64. The van der Waals surface area contributed by atoms with Crippen LogP contribution in [0.1, 0.15) is 35.3 Å². The number of rotatable bonds is 4. The number of carbonyl (C=O) groups is 1. The van der Waals surface area contributed by atoms with Crippen LogP contribution in [-0.4, -0.2) is 17.3 Å². The Morgan fingerprint density at radius 1 is 1.35 bits per heavy atom. The van der Waals surface area contributed by atoms with Crippen LogP contribution in [0.25, 0.3) is 0 Å². The van der Waals surface area contributed by atoms with Crippen molar-refractivity contribution in [1.82, 2.24) is 5.32 Å². The van der Waals surface area contributed by atoms with E-state index in [-0.39, 0.29) is 11.9 Å². The summed E-state index contributed by atoms with van der Waals surface area (Å²) in [5.74, 6) is 0.440. The Hall–Kier alpha value is -0.830. The third-order valence-corrected chi connectivity index (χ3v) is 4.33. The van der Waals surface area contributed by atoms with Crippen molar-refractivity contribution in [2.24, 2.45) is 5.92 Å². The Labute approximate surface area is 112 Å². The summed E-state index contributed by atoms with van der Waals surface area (Å²) < 4.78 is 0. The van der Waals surface area contributed by atoms with Crippen molar-refractivity contribution < 1.29 is 4.79 Å². The van der Waals surface area contributed by atoms with Crippen molar-refractivity contribution in [2.45, 2.75) is 33.7 Å². The van der Waals surface area contributed by atoms with Gasteiger partial charge in [0, 0.05) is 16.9 Å². The molecule has 0 aliphatic rings. The van der Waals surface area contributed by atoms with Crippen LogP contribution in [0.3, 0.4) is 0 Å². The minimum atomic E-state index is 0.0199. The predicted molar refractivity (Wildman–Crippen MR) is 75.8 cm³/mol. The lowest BCUT2D eigenvalue weighted by atomic mass is 10.0. The van der Waals surface area contributed by atoms with E-state index in [4.69, 9.17) is 0 Å². The van der Waals surface area contributed by atoms with E-state index in [2.05, 4.69) is 28.2 Å². The van der Waals surface area contributed by atoms with Crippen LogP contribution in [0.4, 0.5) is 0 Å². The smallest absolute Gasteiger partial charge is 0.251 e. The third-order valence-electron chi connectivity index (χ3n) is 3.30. The van der Waals surface area contributed by atoms with Crippen LogP contribution in [0.2, 0.25) is 0 Å². The Bertz CT molecular complexity index is 403. The number of hydrogen-bond donors (Lipinski definition) is 1. The van der Waals surface area contributed by atoms with Gasteiger partial charge in [0.1, 0.15) is 0 Å². The molecule has 2 atom stereocenters. The van der Waals surface area contributed by atoms with Crippen molar-refractivity contribution in [3.8, 4) is 0 Å². The Balaban J connectivity index is 2.80. The van der Waals surface area contributed by atoms with Gasteiger partial charge in [-0.05, 0) is 43.9 Å². The maximum Gasteiger partial charge on any atom is 0.251 e. The quantitative estimate of drug-likeness (QED) is 0.848. The standard InChI is InChI=1S/C14H20BrNO/c1-9-6-5-7-13(11(9)3)14(17)16-12(4)10(2)8-15/h5-7,10,12H,8H2,1-4H3,(H,16,17). The number of aryl methyl sites for hydroxylation is 1. The number of nitrogens with one attached hydrogen (secondary N) is 1. The molecule has 0 bridgehead atoms. The molecule has 0 aromatic heterocycles. The number of hydrogen-bond acceptors (Lipinski definition) is 1. The van der Waals surface area contributed by atoms with E-state index in [0.29, 0.717) is 5.92 Å². The molecular weight excluding hydrogens is 278 g/mol. The monoisotopic (exact) mass is 297 g/mol. The van der Waals surface area contributed by atoms with E-state index in [1.165, 1.54) is 0 Å². The Kier molecular flexibility index (Phi) is 5.19. The third kappa shape index (κ3) is 3.56. The molecule has 1 aromatic carbocycles. The molecule has 1 aromatic rings. The van der Waals surface area contributed by atoms with Gasteiger partial charge in [-0.25, -0.2) is 0 Å². The fraction of sp³-hybridized carbons (Fsp3) is 0.500. The largest absolute Gasteiger partial charge is 0.349 e. The number of halogens is 1. The van der Waals surface area contributed by atoms with Gasteiger partial charge < -0.3 is 5.32 Å². The summed E-state index contributed by atoms with van der Waals surface area (Å²) in [5, 5.41) is 3.94. The van der Waals surface area contributed by atoms with Crippen molar-refractivity contribution in [2.75, 3.05) is 5.33 Å². The first-order chi connectivity index (χ1) is 7.97. The molecule has 0 saturated carbocycles. The van der Waals surface area contributed by atoms with Crippen molar-refractivity contribution >= 4 is 21.8 Å². The zero-order chi connectivity index (χ0) is 13.0. The first kappa shape index (κ1) is 14.2. The molecule has 94 valence electrons. The molecule has 0 fully saturated rings. The molecule has 2 unspecified atom stereocenters. The molecule has 0 spiro atoms. The van der Waals surface area contributed by atoms with Gasteiger partial charge in [-0.15, -0.1) is 0 Å². The van der Waals surface area contributed by atoms with Gasteiger partial charge >= 0.3 is 0 Å². The maximum absolute atomic E-state index is 12.1. The summed E-state index contributed by atoms with van der Waals surface area (Å²) in [6.45, 7) is 8.16. The molecule has 0 radical (unpaired) electrons. The molecule has 1 N–H and O–H groups in total. The lowest BCUT2D eigenvalue weighted by molar-refractivity contribution is 0.0930. The second-order valence-corrected chi connectivity index (χ2v) is 5.29. The summed E-state index contributed by atoms with van der Waals surface area (Å²) in [6, 6.07) is 6.00. The van der Waals surface area contributed by atoms with Gasteiger partial charge in [0.05, 0.1) is 0 Å². The molecule has 0 saturated heterocycles. The van der Waals surface area contributed by atoms with Gasteiger partial charge in [-0.1, -0.05) is 35.0 Å². The van der Waals surface area contributed by atoms with Crippen molar-refractivity contribution in [3.63, 3.8) is 0 Å². The normalized spacial score (nSPS) is 14.2. The van der Waals surface area contributed by atoms with Crippen molar-refractivity contribution in [1.29, 1.82) is 0 Å². The minimum Gasteiger partial charge on any atom is -0.349 e. The second kappa shape index (κ2) is 6.20. The SMILES string of the molecule is Cc1cccc(C(=O)NC(C)C(C)CBr)c1C. The summed E-state index contributed by atoms with van der Waals surface area (Å²) in [4.78, 5) is 12.1. The fourth-order valence-electron chi connectivity index (χ4n) is 1.56. The number of carbonyl (C=O) groups excluding carboxylic acids is 1. The van der Waals surface area contributed by atoms with E-state index >= 15 is 0 Å². The molecule has 17 heavy (non-hydrogen) atoms. The van der Waals surface area contributed by atoms with Crippen LogP contribution < -0.4 is 5.32 Å². The average Bonchev–Trinajstić information content (AvgIpc) is 2.31. The van der Waals surface area contributed by atoms with Gasteiger partial charge in [0.15, 0.2) is 0 Å². The number of alkyl halides is 1. The maximum atomic E-state index is 12.1. The zero-order valence-electron chi connectivity index (χ0n) is 10.9. The van der Waals surface area contributed by atoms with Crippen LogP contribution in [-0.2, 0) is 0 Å². The summed E-state index contributed by atoms with van der Waals surface area (Å²) >= 11 is 3.44. The predicted octanol–water partition coefficient (Wildman–Crippen LogP) is 3.45. The highest BCUT2D eigenvalue weighted by Crippen LogP contribution is 2.14. The minimum absolute atomic E-state index is 0.0199. The first-order valence-electron chi connectivity index (χ1n) is 5.90. The van der Waals surface area contributed by atoms with Crippen molar-refractivity contribution in [3.05, 3.63) is 34.9 Å². The topological polar surface area (TPSA) is 29.1 Å². The first-order valence-corrected chi connectivity index (χ1v) is 7.02. The fourth-order valence-corrected chi connectivity index (χ4v) is 2.12. The lowest BCUT2D eigenvalue weighted by Crippen LogP contribution is -2.38. The summed E-state index contributed by atoms with van der Waals surface area (Å²) in [7, 11) is 0. The van der Waals surface area contributed by atoms with E-state index in [9.17, 15) is 4.79 Å². The van der Waals surface area contributed by atoms with E-state index in [1.807, 2.05) is 39.0 Å². The molecule has 0 aliphatic carbocycles. The molecule has 0 aliphatic heterocycles. The van der Waals surface area contributed by atoms with E-state index in [0.717, 1.165) is 22.0 Å². The van der Waals surface area contributed by atoms with Crippen LogP contribution in [0, 0.1) is 19.8 Å². The van der Waals surface area contributed by atoms with Crippen LogP contribution >= 0.6 is 15.9 Å². The van der Waals surface area contributed by atoms with Gasteiger partial charge in [-0.2, -0.15) is 0 Å². The molecular formula is C14H20BrNO. The number of benzene rings is 1. The lowest BCUT2D eigenvalue weighted by Gasteiger charge is -2.20. The number of amides is 1. The highest BCUT2D eigenvalue weighted by molar-refractivity contribution is 9.09. The summed E-state index contributed by atoms with van der Waals surface area (Å²) in [6.07, 6.45) is 0.